The molecule has 1 saturated heterocycles. The molecule has 0 aliphatic carbocycles. The molecule has 1 aromatic rings. The Morgan fingerprint density at radius 2 is 1.51 bits per heavy atom. The third-order valence-corrected chi connectivity index (χ3v) is 9.44. The quantitative estimate of drug-likeness (QED) is 0.0745. The van der Waals surface area contributed by atoms with Gasteiger partial charge in [-0.3, -0.25) is 33.6 Å². The maximum absolute atomic E-state index is 13.9. The number of thioether (sulfide) groups is 1. The summed E-state index contributed by atoms with van der Waals surface area (Å²) in [4.78, 5) is 116. The summed E-state index contributed by atoms with van der Waals surface area (Å²) >= 11 is 1.28. The van der Waals surface area contributed by atoms with Gasteiger partial charge in [0.05, 0.1) is 6.42 Å². The number of carbonyl (C=O) groups excluding carboxylic acids is 8. The number of carboxylic acids is 1. The number of carboxylic acid groups (broad SMARTS) is 1. The van der Waals surface area contributed by atoms with Crippen LogP contribution in [0.1, 0.15) is 78.7 Å². The summed E-state index contributed by atoms with van der Waals surface area (Å²) < 4.78 is 5.16. The highest BCUT2D eigenvalue weighted by Gasteiger charge is 2.39. The number of hydrogen-bond acceptors (Lipinski definition) is 11. The first kappa shape index (κ1) is 47.8. The molecule has 19 nitrogen and oxygen atoms in total. The maximum atomic E-state index is 13.9. The predicted octanol–water partition coefficient (Wildman–Crippen LogP) is -0.354. The molecular formula is C37H56N8O11S. The smallest absolute Gasteiger partial charge is 0.408 e. The Hall–Kier alpha value is -5.40. The van der Waals surface area contributed by atoms with Crippen molar-refractivity contribution in [3.05, 3.63) is 35.9 Å². The largest absolute Gasteiger partial charge is 0.480 e. The third kappa shape index (κ3) is 17.9. The highest BCUT2D eigenvalue weighted by atomic mass is 32.2. The van der Waals surface area contributed by atoms with Crippen LogP contribution in [-0.4, -0.2) is 118 Å². The number of hydrogen-bond donors (Lipinski definition) is 8. The molecule has 10 N–H and O–H groups in total. The first-order valence-corrected chi connectivity index (χ1v) is 19.7. The highest BCUT2D eigenvalue weighted by molar-refractivity contribution is 7.98. The van der Waals surface area contributed by atoms with Crippen LogP contribution in [0, 0.1) is 5.92 Å². The van der Waals surface area contributed by atoms with Gasteiger partial charge in [0.15, 0.2) is 0 Å². The topological polar surface area (TPSA) is 299 Å². The van der Waals surface area contributed by atoms with Crippen LogP contribution in [0.25, 0.3) is 0 Å². The minimum absolute atomic E-state index is 0.0227. The van der Waals surface area contributed by atoms with Gasteiger partial charge in [-0.1, -0.05) is 44.2 Å². The minimum atomic E-state index is -1.65. The zero-order chi connectivity index (χ0) is 42.9. The number of carbonyl (C=O) groups is 9. The van der Waals surface area contributed by atoms with E-state index in [-0.39, 0.29) is 43.9 Å². The average Bonchev–Trinajstić information content (AvgIpc) is 3.60. The molecule has 8 amide bonds. The van der Waals surface area contributed by atoms with Crippen molar-refractivity contribution in [1.29, 1.82) is 0 Å². The van der Waals surface area contributed by atoms with Crippen LogP contribution >= 0.6 is 11.8 Å². The van der Waals surface area contributed by atoms with E-state index in [1.54, 1.807) is 20.8 Å². The second-order valence-corrected chi connectivity index (χ2v) is 16.0. The van der Waals surface area contributed by atoms with Crippen LogP contribution in [0.3, 0.4) is 0 Å². The van der Waals surface area contributed by atoms with Crippen LogP contribution in [0.2, 0.25) is 0 Å². The Balaban J connectivity index is 2.28. The van der Waals surface area contributed by atoms with Gasteiger partial charge >= 0.3 is 12.1 Å². The van der Waals surface area contributed by atoms with Crippen LogP contribution in [0.15, 0.2) is 30.3 Å². The fourth-order valence-corrected chi connectivity index (χ4v) is 6.74. The molecule has 0 unspecified atom stereocenters. The SMILES string of the molecule is CC(C)C[C@H](NC(=O)CNC(=O)OC(C)(C)C)C(=O)N1CCC[C@H]1C(=O)N[C@@H](CSCc1ccccc1)C(=O)N[C@@H](CC(N)=O)C(=O)N[C@@H](CCC(N)=O)C(=O)O. The molecule has 316 valence electrons. The van der Waals surface area contributed by atoms with Gasteiger partial charge in [0.25, 0.3) is 0 Å². The third-order valence-electron chi connectivity index (χ3n) is 8.33. The van der Waals surface area contributed by atoms with E-state index in [2.05, 4.69) is 26.6 Å². The Morgan fingerprint density at radius 1 is 0.877 bits per heavy atom. The van der Waals surface area contributed by atoms with Gasteiger partial charge in [0.1, 0.15) is 42.4 Å². The van der Waals surface area contributed by atoms with E-state index < -0.39 is 102 Å². The standard InChI is InChI=1S/C37H56N8O11S/c1-21(2)16-25(41-30(48)18-40-36(55)56-37(3,4)5)34(52)45-15-9-12-27(45)33(51)44-26(20-57-19-22-10-7-6-8-11-22)32(50)43-24(17-29(39)47)31(49)42-23(35(53)54)13-14-28(38)46/h6-8,10-11,21,23-27H,9,12-20H2,1-5H3,(H2,38,46)(H2,39,47)(H,40,55)(H,41,48)(H,42,49)(H,43,50)(H,44,51)(H,53,54)/t23-,24-,25-,26-,27-/m0/s1. The molecule has 0 bridgehead atoms. The molecular weight excluding hydrogens is 765 g/mol. The van der Waals surface area contributed by atoms with Crippen LogP contribution in [-0.2, 0) is 48.8 Å². The van der Waals surface area contributed by atoms with Gasteiger partial charge in [0.2, 0.25) is 41.4 Å². The van der Waals surface area contributed by atoms with Crippen molar-refractivity contribution in [2.24, 2.45) is 17.4 Å². The number of aliphatic carboxylic acids is 1. The van der Waals surface area contributed by atoms with E-state index in [0.717, 1.165) is 5.56 Å². The number of alkyl carbamates (subject to hydrolysis) is 1. The number of amides is 8. The maximum Gasteiger partial charge on any atom is 0.408 e. The van der Waals surface area contributed by atoms with Gasteiger partial charge in [-0.15, -0.1) is 0 Å². The van der Waals surface area contributed by atoms with Gasteiger partial charge in [-0.05, 0) is 57.9 Å². The van der Waals surface area contributed by atoms with Crippen molar-refractivity contribution in [3.63, 3.8) is 0 Å². The van der Waals surface area contributed by atoms with Gasteiger partial charge < -0.3 is 52.8 Å². The number of ether oxygens (including phenoxy) is 1. The van der Waals surface area contributed by atoms with Crippen molar-refractivity contribution in [2.45, 2.75) is 115 Å². The van der Waals surface area contributed by atoms with E-state index in [9.17, 15) is 48.3 Å². The van der Waals surface area contributed by atoms with Crippen molar-refractivity contribution in [1.82, 2.24) is 31.5 Å². The molecule has 1 fully saturated rings. The summed E-state index contributed by atoms with van der Waals surface area (Å²) in [6, 6.07) is 2.61. The Kier molecular flexibility index (Phi) is 19.3. The van der Waals surface area contributed by atoms with E-state index >= 15 is 0 Å². The van der Waals surface area contributed by atoms with Crippen molar-refractivity contribution in [3.8, 4) is 0 Å². The van der Waals surface area contributed by atoms with Gasteiger partial charge in [-0.25, -0.2) is 9.59 Å². The van der Waals surface area contributed by atoms with Gasteiger partial charge in [0, 0.05) is 24.5 Å². The molecule has 1 aliphatic heterocycles. The second kappa shape index (κ2) is 23.0. The highest BCUT2D eigenvalue weighted by Crippen LogP contribution is 2.21. The summed E-state index contributed by atoms with van der Waals surface area (Å²) in [6.07, 6.45) is -1.37. The first-order chi connectivity index (χ1) is 26.7. The lowest BCUT2D eigenvalue weighted by Gasteiger charge is -2.30. The van der Waals surface area contributed by atoms with Crippen molar-refractivity contribution < 1.29 is 53.0 Å². The number of nitrogens with zero attached hydrogens (tertiary/aromatic N) is 1. The molecule has 0 spiro atoms. The van der Waals surface area contributed by atoms with E-state index in [1.807, 2.05) is 44.2 Å². The minimum Gasteiger partial charge on any atom is -0.480 e. The summed E-state index contributed by atoms with van der Waals surface area (Å²) in [5.41, 5.74) is 10.6. The molecule has 0 saturated carbocycles. The van der Waals surface area contributed by atoms with Crippen LogP contribution in [0.5, 0.6) is 0 Å². The fourth-order valence-electron chi connectivity index (χ4n) is 5.73. The summed E-state index contributed by atoms with van der Waals surface area (Å²) in [5, 5.41) is 21.8. The molecule has 2 rings (SSSR count). The Labute approximate surface area is 335 Å². The van der Waals surface area contributed by atoms with E-state index in [1.165, 1.54) is 16.7 Å². The molecule has 0 aromatic heterocycles. The Bertz CT molecular complexity index is 1610. The van der Waals surface area contributed by atoms with E-state index in [4.69, 9.17) is 16.2 Å². The molecule has 20 heteroatoms. The zero-order valence-electron chi connectivity index (χ0n) is 33.0. The summed E-state index contributed by atoms with van der Waals surface area (Å²) in [6.45, 7) is 8.42. The molecule has 57 heavy (non-hydrogen) atoms. The average molecular weight is 821 g/mol. The lowest BCUT2D eigenvalue weighted by atomic mass is 10.0. The molecule has 1 heterocycles. The zero-order valence-corrected chi connectivity index (χ0v) is 33.8. The number of nitrogens with one attached hydrogen (secondary N) is 5. The van der Waals surface area contributed by atoms with Crippen molar-refractivity contribution in [2.75, 3.05) is 18.8 Å². The fraction of sp³-hybridized carbons (Fsp3) is 0.595. The molecule has 1 aliphatic rings. The van der Waals surface area contributed by atoms with Gasteiger partial charge in [-0.2, -0.15) is 11.8 Å². The monoisotopic (exact) mass is 820 g/mol. The van der Waals surface area contributed by atoms with Crippen molar-refractivity contribution >= 4 is 65.2 Å². The van der Waals surface area contributed by atoms with Crippen LogP contribution < -0.4 is 38.1 Å². The molecule has 0 radical (unpaired) electrons. The number of primary amides is 2. The van der Waals surface area contributed by atoms with Crippen LogP contribution in [0.4, 0.5) is 4.79 Å². The number of rotatable bonds is 22. The number of nitrogens with two attached hydrogens (primary N) is 2. The Morgan fingerprint density at radius 3 is 2.09 bits per heavy atom. The number of benzene rings is 1. The first-order valence-electron chi connectivity index (χ1n) is 18.6. The number of likely N-dealkylation sites (tertiary alicyclic amines) is 1. The summed E-state index contributed by atoms with van der Waals surface area (Å²) in [7, 11) is 0. The lowest BCUT2D eigenvalue weighted by Crippen LogP contribution is -2.59. The van der Waals surface area contributed by atoms with E-state index in [0.29, 0.717) is 12.2 Å². The normalized spacial score (nSPS) is 16.0. The molecule has 5 atom stereocenters. The summed E-state index contributed by atoms with van der Waals surface area (Å²) in [5.74, 6) is -6.78. The predicted molar refractivity (Wildman–Crippen MR) is 209 cm³/mol. The second-order valence-electron chi connectivity index (χ2n) is 15.0. The molecule has 1 aromatic carbocycles. The lowest BCUT2D eigenvalue weighted by molar-refractivity contribution is -0.143.